The fraction of sp³-hybridized carbons (Fsp3) is 0.300. The molecule has 8 nitrogen and oxygen atoms in total. The number of halogens is 3. The predicted molar refractivity (Wildman–Crippen MR) is 118 cm³/mol. The maximum Gasteiger partial charge on any atom is 0.257 e. The number of nitrogens with zero attached hydrogens (tertiary/aromatic N) is 6. The highest BCUT2D eigenvalue weighted by molar-refractivity contribution is 6.35. The van der Waals surface area contributed by atoms with Gasteiger partial charge in [-0.3, -0.25) is 4.98 Å². The summed E-state index contributed by atoms with van der Waals surface area (Å²) in [7, 11) is 0. The van der Waals surface area contributed by atoms with Crippen molar-refractivity contribution in [3.05, 3.63) is 51.9 Å². The quantitative estimate of drug-likeness (QED) is 0.429. The number of anilines is 1. The number of aryl methyl sites for hydroxylation is 2. The van der Waals surface area contributed by atoms with Crippen molar-refractivity contribution in [1.82, 2.24) is 29.3 Å². The zero-order chi connectivity index (χ0) is 22.3. The van der Waals surface area contributed by atoms with E-state index < -0.39 is 6.17 Å². The summed E-state index contributed by atoms with van der Waals surface area (Å²) in [6.45, 7) is 5.34. The highest BCUT2D eigenvalue weighted by Crippen LogP contribution is 2.28. The minimum Gasteiger partial charge on any atom is -0.472 e. The Morgan fingerprint density at radius 3 is 2.71 bits per heavy atom. The van der Waals surface area contributed by atoms with Crippen LogP contribution in [0.2, 0.25) is 10.3 Å². The van der Waals surface area contributed by atoms with Crippen LogP contribution in [-0.2, 0) is 6.54 Å². The molecule has 11 heteroatoms. The zero-order valence-electron chi connectivity index (χ0n) is 17.1. The van der Waals surface area contributed by atoms with Gasteiger partial charge in [-0.15, -0.1) is 5.10 Å². The second kappa shape index (κ2) is 8.32. The van der Waals surface area contributed by atoms with Crippen molar-refractivity contribution in [3.63, 3.8) is 0 Å². The molecule has 4 rings (SSSR count). The fourth-order valence-electron chi connectivity index (χ4n) is 3.31. The van der Waals surface area contributed by atoms with E-state index in [1.807, 2.05) is 32.9 Å². The summed E-state index contributed by atoms with van der Waals surface area (Å²) >= 11 is 12.0. The lowest BCUT2D eigenvalue weighted by atomic mass is 10.2. The number of pyridine rings is 1. The Morgan fingerprint density at radius 1 is 1.19 bits per heavy atom. The predicted octanol–water partition coefficient (Wildman–Crippen LogP) is 4.24. The first-order valence-electron chi connectivity index (χ1n) is 9.48. The van der Waals surface area contributed by atoms with Crippen LogP contribution in [0.4, 0.5) is 10.1 Å². The van der Waals surface area contributed by atoms with Gasteiger partial charge in [0.25, 0.3) is 5.88 Å². The lowest BCUT2D eigenvalue weighted by molar-refractivity contribution is 0.175. The molecule has 4 heterocycles. The highest BCUT2D eigenvalue weighted by Gasteiger charge is 2.19. The van der Waals surface area contributed by atoms with Gasteiger partial charge in [-0.25, -0.2) is 14.1 Å². The first-order valence-corrected chi connectivity index (χ1v) is 10.2. The van der Waals surface area contributed by atoms with Crippen LogP contribution in [0.3, 0.4) is 0 Å². The summed E-state index contributed by atoms with van der Waals surface area (Å²) < 4.78 is 23.6. The maximum absolute atomic E-state index is 14.7. The third-order valence-corrected chi connectivity index (χ3v) is 5.37. The number of ether oxygens (including phenoxy) is 1. The maximum atomic E-state index is 14.7. The largest absolute Gasteiger partial charge is 0.472 e. The number of alkyl halides is 1. The number of hydrogen-bond acceptors (Lipinski definition) is 6. The molecule has 0 radical (unpaired) electrons. The Balaban J connectivity index is 1.50. The van der Waals surface area contributed by atoms with Crippen molar-refractivity contribution in [1.29, 1.82) is 0 Å². The summed E-state index contributed by atoms with van der Waals surface area (Å²) in [6, 6.07) is 3.80. The van der Waals surface area contributed by atoms with Crippen LogP contribution < -0.4 is 10.5 Å². The number of hydrogen-bond donors (Lipinski definition) is 1. The Hall–Kier alpha value is -2.91. The number of nitrogens with two attached hydrogens (primary N) is 1. The lowest BCUT2D eigenvalue weighted by Crippen LogP contribution is -2.20. The van der Waals surface area contributed by atoms with E-state index in [1.54, 1.807) is 15.4 Å². The number of aromatic nitrogens is 6. The average Bonchev–Trinajstić information content (AvgIpc) is 3.17. The summed E-state index contributed by atoms with van der Waals surface area (Å²) in [5.74, 6) is 0.167. The minimum absolute atomic E-state index is 0.0306. The third-order valence-electron chi connectivity index (χ3n) is 4.89. The molecule has 0 spiro atoms. The van der Waals surface area contributed by atoms with E-state index in [9.17, 15) is 4.39 Å². The summed E-state index contributed by atoms with van der Waals surface area (Å²) in [4.78, 5) is 12.5. The second-order valence-corrected chi connectivity index (χ2v) is 7.93. The van der Waals surface area contributed by atoms with E-state index >= 15 is 0 Å². The molecule has 4 aromatic heterocycles. The molecule has 0 fully saturated rings. The minimum atomic E-state index is -1.37. The molecule has 0 saturated heterocycles. The molecule has 0 aromatic carbocycles. The first-order chi connectivity index (χ1) is 14.7. The number of nitrogen functional groups attached to an aromatic ring is 1. The van der Waals surface area contributed by atoms with Crippen molar-refractivity contribution in [2.24, 2.45) is 0 Å². The first kappa shape index (κ1) is 21.3. The van der Waals surface area contributed by atoms with Crippen molar-refractivity contribution in [2.45, 2.75) is 33.5 Å². The van der Waals surface area contributed by atoms with E-state index in [-0.39, 0.29) is 24.3 Å². The van der Waals surface area contributed by atoms with E-state index in [0.717, 1.165) is 17.1 Å². The third kappa shape index (κ3) is 4.15. The van der Waals surface area contributed by atoms with Crippen LogP contribution in [0.5, 0.6) is 5.88 Å². The Kier molecular flexibility index (Phi) is 5.72. The Bertz CT molecular complexity index is 1270. The van der Waals surface area contributed by atoms with Crippen LogP contribution in [0.15, 0.2) is 24.5 Å². The highest BCUT2D eigenvalue weighted by atomic mass is 35.5. The molecule has 162 valence electrons. The Labute approximate surface area is 187 Å². The van der Waals surface area contributed by atoms with Crippen molar-refractivity contribution in [3.8, 4) is 11.6 Å². The molecular formula is C20H20Cl2FN7O. The van der Waals surface area contributed by atoms with Crippen LogP contribution in [-0.4, -0.2) is 42.1 Å². The van der Waals surface area contributed by atoms with Gasteiger partial charge in [0.15, 0.2) is 6.17 Å². The summed E-state index contributed by atoms with van der Waals surface area (Å²) in [5, 5.41) is 5.49. The summed E-state index contributed by atoms with van der Waals surface area (Å²) in [6.07, 6.45) is 1.73. The Morgan fingerprint density at radius 2 is 1.97 bits per heavy atom. The van der Waals surface area contributed by atoms with Gasteiger partial charge in [0, 0.05) is 18.1 Å². The van der Waals surface area contributed by atoms with Gasteiger partial charge >= 0.3 is 0 Å². The smallest absolute Gasteiger partial charge is 0.257 e. The molecule has 0 bridgehead atoms. The van der Waals surface area contributed by atoms with Gasteiger partial charge in [0.05, 0.1) is 34.0 Å². The molecule has 31 heavy (non-hydrogen) atoms. The molecule has 0 saturated carbocycles. The van der Waals surface area contributed by atoms with Crippen LogP contribution in [0.1, 0.15) is 17.1 Å². The summed E-state index contributed by atoms with van der Waals surface area (Å²) in [5.41, 5.74) is 10.1. The zero-order valence-corrected chi connectivity index (χ0v) is 18.6. The van der Waals surface area contributed by atoms with E-state index in [2.05, 4.69) is 20.1 Å². The van der Waals surface area contributed by atoms with Crippen molar-refractivity contribution >= 4 is 39.9 Å². The van der Waals surface area contributed by atoms with Gasteiger partial charge in [-0.2, -0.15) is 4.98 Å². The lowest BCUT2D eigenvalue weighted by Gasteiger charge is -2.11. The van der Waals surface area contributed by atoms with Crippen LogP contribution in [0.25, 0.3) is 16.7 Å². The van der Waals surface area contributed by atoms with Crippen LogP contribution >= 0.6 is 23.2 Å². The molecule has 1 unspecified atom stereocenters. The molecular weight excluding hydrogens is 444 g/mol. The molecule has 0 aliphatic heterocycles. The second-order valence-electron chi connectivity index (χ2n) is 7.19. The standard InChI is InChI=1S/C20H20Cl2FN7O/c1-10-4-5-16(11(2)26-10)30-12(3)17(24)19(28-30)31-9-13(23)7-29-8-15(21)14-6-25-20(22)27-18(14)29/h4-6,8,13H,7,9,24H2,1-3H3. The fourth-order valence-corrected chi connectivity index (χ4v) is 3.69. The van der Waals surface area contributed by atoms with Crippen molar-refractivity contribution < 1.29 is 9.13 Å². The SMILES string of the molecule is Cc1ccc(-n2nc(OCC(F)Cn3cc(Cl)c4cnc(Cl)nc43)c(N)c2C)c(C)n1. The van der Waals surface area contributed by atoms with E-state index in [1.165, 1.54) is 6.20 Å². The van der Waals surface area contributed by atoms with Crippen LogP contribution in [0, 0.1) is 20.8 Å². The molecule has 0 aliphatic carbocycles. The van der Waals surface area contributed by atoms with Gasteiger partial charge in [0.2, 0.25) is 5.28 Å². The number of fused-ring (bicyclic) bond motifs is 1. The number of rotatable bonds is 6. The van der Waals surface area contributed by atoms with Gasteiger partial charge < -0.3 is 15.0 Å². The molecule has 4 aromatic rings. The molecule has 0 amide bonds. The topological polar surface area (TPSA) is 96.7 Å². The van der Waals surface area contributed by atoms with Gasteiger partial charge in [-0.1, -0.05) is 11.6 Å². The average molecular weight is 464 g/mol. The van der Waals surface area contributed by atoms with Gasteiger partial charge in [0.1, 0.15) is 17.9 Å². The van der Waals surface area contributed by atoms with Crippen molar-refractivity contribution in [2.75, 3.05) is 12.3 Å². The molecule has 0 aliphatic rings. The van der Waals surface area contributed by atoms with E-state index in [4.69, 9.17) is 33.7 Å². The molecule has 1 atom stereocenters. The van der Waals surface area contributed by atoms with Gasteiger partial charge in [-0.05, 0) is 44.5 Å². The van der Waals surface area contributed by atoms with E-state index in [0.29, 0.717) is 27.4 Å². The molecule has 2 N–H and O–H groups in total. The normalized spacial score (nSPS) is 12.5. The monoisotopic (exact) mass is 463 g/mol.